The molecule has 1 fully saturated rings. The number of amides is 1. The molecule has 1 aliphatic rings. The van der Waals surface area contributed by atoms with E-state index in [0.29, 0.717) is 24.1 Å². The summed E-state index contributed by atoms with van der Waals surface area (Å²) >= 11 is 3.21. The van der Waals surface area contributed by atoms with E-state index in [1.54, 1.807) is 17.0 Å². The molecule has 4 nitrogen and oxygen atoms in total. The van der Waals surface area contributed by atoms with Crippen LogP contribution in [0.1, 0.15) is 33.3 Å². The van der Waals surface area contributed by atoms with Crippen molar-refractivity contribution < 1.29 is 13.9 Å². The van der Waals surface area contributed by atoms with Crippen molar-refractivity contribution >= 4 is 22.0 Å². The Kier molecular flexibility index (Phi) is 4.82. The number of hydrogen-bond acceptors (Lipinski definition) is 3. The van der Waals surface area contributed by atoms with Gasteiger partial charge in [-0.2, -0.15) is 0 Å². The van der Waals surface area contributed by atoms with Crippen LogP contribution in [-0.2, 0) is 10.3 Å². The van der Waals surface area contributed by atoms with E-state index >= 15 is 0 Å². The summed E-state index contributed by atoms with van der Waals surface area (Å²) in [5, 5.41) is 3.41. The zero-order chi connectivity index (χ0) is 16.5. The summed E-state index contributed by atoms with van der Waals surface area (Å²) in [6.45, 7) is 9.27. The third kappa shape index (κ3) is 3.98. The highest BCUT2D eigenvalue weighted by molar-refractivity contribution is 9.10. The predicted octanol–water partition coefficient (Wildman–Crippen LogP) is 3.64. The second kappa shape index (κ2) is 6.16. The molecule has 2 rings (SSSR count). The zero-order valence-electron chi connectivity index (χ0n) is 13.4. The average molecular weight is 373 g/mol. The molecule has 1 atom stereocenters. The van der Waals surface area contributed by atoms with Crippen LogP contribution in [-0.4, -0.2) is 36.2 Å². The number of rotatable bonds is 1. The minimum absolute atomic E-state index is 0.299. The van der Waals surface area contributed by atoms with Gasteiger partial charge in [0.2, 0.25) is 0 Å². The number of carbonyl (C=O) groups is 1. The Bertz CT molecular complexity index is 574. The summed E-state index contributed by atoms with van der Waals surface area (Å²) in [4.78, 5) is 14.0. The van der Waals surface area contributed by atoms with E-state index in [2.05, 4.69) is 21.2 Å². The Labute approximate surface area is 139 Å². The van der Waals surface area contributed by atoms with E-state index in [1.807, 2.05) is 27.7 Å². The van der Waals surface area contributed by atoms with Gasteiger partial charge in [-0.15, -0.1) is 0 Å². The number of hydrogen-bond donors (Lipinski definition) is 1. The maximum Gasteiger partial charge on any atom is 0.410 e. The van der Waals surface area contributed by atoms with Gasteiger partial charge in [0.25, 0.3) is 0 Å². The van der Waals surface area contributed by atoms with Gasteiger partial charge >= 0.3 is 6.09 Å². The molecule has 0 saturated carbocycles. The van der Waals surface area contributed by atoms with E-state index < -0.39 is 11.1 Å². The molecule has 1 amide bonds. The number of ether oxygens (including phenoxy) is 1. The van der Waals surface area contributed by atoms with Crippen LogP contribution in [0, 0.1) is 5.82 Å². The van der Waals surface area contributed by atoms with Gasteiger partial charge in [-0.05, 0) is 61.3 Å². The van der Waals surface area contributed by atoms with Crippen LogP contribution in [0.4, 0.5) is 9.18 Å². The molecule has 0 aromatic heterocycles. The van der Waals surface area contributed by atoms with Crippen molar-refractivity contribution in [1.29, 1.82) is 0 Å². The van der Waals surface area contributed by atoms with Crippen LogP contribution in [0.3, 0.4) is 0 Å². The van der Waals surface area contributed by atoms with E-state index in [9.17, 15) is 9.18 Å². The van der Waals surface area contributed by atoms with Crippen molar-refractivity contribution in [1.82, 2.24) is 10.2 Å². The predicted molar refractivity (Wildman–Crippen MR) is 87.3 cm³/mol. The van der Waals surface area contributed by atoms with Crippen LogP contribution >= 0.6 is 15.9 Å². The molecule has 0 radical (unpaired) electrons. The Morgan fingerprint density at radius 3 is 2.73 bits per heavy atom. The number of nitrogens with zero attached hydrogens (tertiary/aromatic N) is 1. The second-order valence-electron chi connectivity index (χ2n) is 6.79. The van der Waals surface area contributed by atoms with Crippen molar-refractivity contribution in [3.63, 3.8) is 0 Å². The first-order chi connectivity index (χ1) is 10.1. The first kappa shape index (κ1) is 17.2. The van der Waals surface area contributed by atoms with Crippen LogP contribution in [0.25, 0.3) is 0 Å². The summed E-state index contributed by atoms with van der Waals surface area (Å²) in [6.07, 6.45) is -0.318. The zero-order valence-corrected chi connectivity index (χ0v) is 15.0. The fraction of sp³-hybridized carbons (Fsp3) is 0.562. The van der Waals surface area contributed by atoms with Gasteiger partial charge in [0.15, 0.2) is 0 Å². The minimum atomic E-state index is -0.517. The van der Waals surface area contributed by atoms with Crippen molar-refractivity contribution in [3.8, 4) is 0 Å². The molecule has 0 bridgehead atoms. The van der Waals surface area contributed by atoms with E-state index in [1.165, 1.54) is 6.07 Å². The molecule has 6 heteroatoms. The lowest BCUT2D eigenvalue weighted by atomic mass is 9.90. The van der Waals surface area contributed by atoms with E-state index in [4.69, 9.17) is 4.74 Å². The molecule has 122 valence electrons. The van der Waals surface area contributed by atoms with Crippen molar-refractivity contribution in [2.24, 2.45) is 0 Å². The quantitative estimate of drug-likeness (QED) is 0.817. The van der Waals surface area contributed by atoms with Gasteiger partial charge in [0.1, 0.15) is 11.4 Å². The van der Waals surface area contributed by atoms with Gasteiger partial charge < -0.3 is 15.0 Å². The Hall–Kier alpha value is -1.14. The van der Waals surface area contributed by atoms with Crippen LogP contribution < -0.4 is 5.32 Å². The van der Waals surface area contributed by atoms with Gasteiger partial charge in [-0.3, -0.25) is 0 Å². The van der Waals surface area contributed by atoms with Crippen LogP contribution in [0.5, 0.6) is 0 Å². The Balaban J connectivity index is 2.18. The first-order valence-corrected chi connectivity index (χ1v) is 8.08. The highest BCUT2D eigenvalue weighted by Gasteiger charge is 2.36. The molecule has 1 aromatic carbocycles. The molecular weight excluding hydrogens is 351 g/mol. The SMILES string of the molecule is CC(C)(C)OC(=O)N1CCNC(C)(c2ccc(F)c(Br)c2)C1. The number of carbonyl (C=O) groups excluding carboxylic acids is 1. The maximum atomic E-state index is 13.4. The second-order valence-corrected chi connectivity index (χ2v) is 7.64. The molecule has 1 unspecified atom stereocenters. The third-order valence-corrected chi connectivity index (χ3v) is 4.22. The first-order valence-electron chi connectivity index (χ1n) is 7.29. The van der Waals surface area contributed by atoms with Gasteiger partial charge in [0.05, 0.1) is 10.0 Å². The molecule has 1 saturated heterocycles. The van der Waals surface area contributed by atoms with E-state index in [0.717, 1.165) is 5.56 Å². The Morgan fingerprint density at radius 2 is 2.14 bits per heavy atom. The molecule has 1 heterocycles. The standard InChI is InChI=1S/C16H22BrFN2O2/c1-15(2,3)22-14(21)20-8-7-19-16(4,10-20)11-5-6-13(18)12(17)9-11/h5-6,9,19H,7-8,10H2,1-4H3. The largest absolute Gasteiger partial charge is 0.444 e. The summed E-state index contributed by atoms with van der Waals surface area (Å²) < 4.78 is 19.3. The van der Waals surface area contributed by atoms with Gasteiger partial charge in [-0.1, -0.05) is 6.07 Å². The molecule has 1 N–H and O–H groups in total. The molecule has 0 spiro atoms. The normalized spacial score (nSPS) is 22.5. The van der Waals surface area contributed by atoms with E-state index in [-0.39, 0.29) is 11.9 Å². The fourth-order valence-electron chi connectivity index (χ4n) is 2.50. The number of nitrogens with one attached hydrogen (secondary N) is 1. The highest BCUT2D eigenvalue weighted by atomic mass is 79.9. The lowest BCUT2D eigenvalue weighted by molar-refractivity contribution is 0.0133. The molecule has 0 aliphatic carbocycles. The molecular formula is C16H22BrFN2O2. The Morgan fingerprint density at radius 1 is 1.45 bits per heavy atom. The molecule has 1 aliphatic heterocycles. The topological polar surface area (TPSA) is 41.6 Å². The number of halogens is 2. The third-order valence-electron chi connectivity index (χ3n) is 3.61. The molecule has 22 heavy (non-hydrogen) atoms. The lowest BCUT2D eigenvalue weighted by Gasteiger charge is -2.42. The van der Waals surface area contributed by atoms with Gasteiger partial charge in [0, 0.05) is 19.6 Å². The molecule has 1 aromatic rings. The van der Waals surface area contributed by atoms with Crippen LogP contribution in [0.2, 0.25) is 0 Å². The average Bonchev–Trinajstić information content (AvgIpc) is 2.40. The van der Waals surface area contributed by atoms with Gasteiger partial charge in [-0.25, -0.2) is 9.18 Å². The summed E-state index contributed by atoms with van der Waals surface area (Å²) in [7, 11) is 0. The van der Waals surface area contributed by atoms with Crippen molar-refractivity contribution in [3.05, 3.63) is 34.1 Å². The van der Waals surface area contributed by atoms with Crippen molar-refractivity contribution in [2.75, 3.05) is 19.6 Å². The summed E-state index contributed by atoms with van der Waals surface area (Å²) in [5.74, 6) is -0.299. The maximum absolute atomic E-state index is 13.4. The highest BCUT2D eigenvalue weighted by Crippen LogP contribution is 2.28. The smallest absolute Gasteiger partial charge is 0.410 e. The van der Waals surface area contributed by atoms with Crippen molar-refractivity contribution in [2.45, 2.75) is 38.8 Å². The lowest BCUT2D eigenvalue weighted by Crippen LogP contribution is -2.58. The van der Waals surface area contributed by atoms with Crippen LogP contribution in [0.15, 0.2) is 22.7 Å². The number of piperazine rings is 1. The number of benzene rings is 1. The summed E-state index contributed by atoms with van der Waals surface area (Å²) in [6, 6.07) is 4.92. The minimum Gasteiger partial charge on any atom is -0.444 e. The summed E-state index contributed by atoms with van der Waals surface area (Å²) in [5.41, 5.74) is -0.0307. The fourth-order valence-corrected chi connectivity index (χ4v) is 2.88. The monoisotopic (exact) mass is 372 g/mol.